The van der Waals surface area contributed by atoms with Crippen molar-refractivity contribution in [3.05, 3.63) is 58.9 Å². The van der Waals surface area contributed by atoms with Crippen molar-refractivity contribution in [2.75, 3.05) is 11.9 Å². The molecule has 0 unspecified atom stereocenters. The topological polar surface area (TPSA) is 28.2 Å². The van der Waals surface area contributed by atoms with Gasteiger partial charge in [0, 0.05) is 54.8 Å². The van der Waals surface area contributed by atoms with Crippen LogP contribution in [0.2, 0.25) is 5.02 Å². The average Bonchev–Trinajstić information content (AvgIpc) is 2.45. The lowest BCUT2D eigenvalue weighted by atomic mass is 10.1. The van der Waals surface area contributed by atoms with Crippen molar-refractivity contribution in [3.8, 4) is 0 Å². The van der Waals surface area contributed by atoms with Crippen LogP contribution in [0.1, 0.15) is 25.0 Å². The van der Waals surface area contributed by atoms with Crippen molar-refractivity contribution in [1.29, 1.82) is 0 Å². The predicted octanol–water partition coefficient (Wildman–Crippen LogP) is 3.87. The normalized spacial score (nSPS) is 10.9. The van der Waals surface area contributed by atoms with Crippen LogP contribution in [0, 0.1) is 0 Å². The number of nitrogens with zero attached hydrogens (tertiary/aromatic N) is 2. The van der Waals surface area contributed by atoms with Gasteiger partial charge in [-0.05, 0) is 23.8 Å². The molecular weight excluding hydrogens is 282 g/mol. The van der Waals surface area contributed by atoms with E-state index in [-0.39, 0.29) is 0 Å². The maximum atomic E-state index is 6.05. The van der Waals surface area contributed by atoms with Crippen molar-refractivity contribution in [1.82, 2.24) is 10.3 Å². The summed E-state index contributed by atoms with van der Waals surface area (Å²) < 4.78 is 0. The zero-order valence-corrected chi connectivity index (χ0v) is 13.6. The van der Waals surface area contributed by atoms with Gasteiger partial charge in [0.05, 0.1) is 0 Å². The highest BCUT2D eigenvalue weighted by Gasteiger charge is 2.08. The first-order valence-corrected chi connectivity index (χ1v) is 7.56. The molecule has 0 aliphatic rings. The molecule has 2 rings (SSSR count). The van der Waals surface area contributed by atoms with E-state index in [1.165, 1.54) is 16.8 Å². The van der Waals surface area contributed by atoms with Crippen molar-refractivity contribution < 1.29 is 0 Å². The molecule has 0 bridgehead atoms. The van der Waals surface area contributed by atoms with Crippen molar-refractivity contribution in [2.24, 2.45) is 0 Å². The molecule has 1 N–H and O–H groups in total. The van der Waals surface area contributed by atoms with Gasteiger partial charge in [0.15, 0.2) is 0 Å². The molecule has 1 heterocycles. The summed E-state index contributed by atoms with van der Waals surface area (Å²) in [6.45, 7) is 5.93. The SMILES string of the molecule is CC(C)NCc1cnccc1N(C)Cc1cccc(Cl)c1. The number of rotatable bonds is 6. The third kappa shape index (κ3) is 4.73. The van der Waals surface area contributed by atoms with Gasteiger partial charge in [0.2, 0.25) is 0 Å². The van der Waals surface area contributed by atoms with E-state index in [4.69, 9.17) is 11.6 Å². The summed E-state index contributed by atoms with van der Waals surface area (Å²) in [6.07, 6.45) is 3.77. The Labute approximate surface area is 132 Å². The van der Waals surface area contributed by atoms with Gasteiger partial charge in [-0.3, -0.25) is 4.98 Å². The molecule has 1 aromatic heterocycles. The minimum Gasteiger partial charge on any atom is -0.370 e. The highest BCUT2D eigenvalue weighted by Crippen LogP contribution is 2.21. The molecule has 0 saturated carbocycles. The molecule has 1 aromatic carbocycles. The van der Waals surface area contributed by atoms with E-state index in [9.17, 15) is 0 Å². The zero-order valence-electron chi connectivity index (χ0n) is 12.8. The quantitative estimate of drug-likeness (QED) is 0.878. The average molecular weight is 304 g/mol. The van der Waals surface area contributed by atoms with Crippen molar-refractivity contribution in [3.63, 3.8) is 0 Å². The van der Waals surface area contributed by atoms with Gasteiger partial charge >= 0.3 is 0 Å². The Kier molecular flexibility index (Phi) is 5.59. The summed E-state index contributed by atoms with van der Waals surface area (Å²) >= 11 is 6.05. The van der Waals surface area contributed by atoms with E-state index < -0.39 is 0 Å². The number of pyridine rings is 1. The molecular formula is C17H22ClN3. The molecule has 0 fully saturated rings. The molecule has 0 aliphatic carbocycles. The number of anilines is 1. The fourth-order valence-corrected chi connectivity index (χ4v) is 2.45. The van der Waals surface area contributed by atoms with Gasteiger partial charge in [-0.2, -0.15) is 0 Å². The Morgan fingerprint density at radius 3 is 2.81 bits per heavy atom. The minimum atomic E-state index is 0.455. The van der Waals surface area contributed by atoms with Crippen LogP contribution in [0.4, 0.5) is 5.69 Å². The van der Waals surface area contributed by atoms with E-state index in [1.807, 2.05) is 30.6 Å². The molecule has 0 saturated heterocycles. The summed E-state index contributed by atoms with van der Waals surface area (Å²) in [5.74, 6) is 0. The molecule has 0 amide bonds. The number of hydrogen-bond acceptors (Lipinski definition) is 3. The Balaban J connectivity index is 2.13. The lowest BCUT2D eigenvalue weighted by Crippen LogP contribution is -2.24. The van der Waals surface area contributed by atoms with Crippen LogP contribution in [-0.2, 0) is 13.1 Å². The van der Waals surface area contributed by atoms with E-state index in [0.29, 0.717) is 6.04 Å². The van der Waals surface area contributed by atoms with E-state index in [2.05, 4.69) is 48.2 Å². The molecule has 21 heavy (non-hydrogen) atoms. The highest BCUT2D eigenvalue weighted by molar-refractivity contribution is 6.30. The third-order valence-electron chi connectivity index (χ3n) is 3.30. The van der Waals surface area contributed by atoms with Crippen LogP contribution in [0.5, 0.6) is 0 Å². The lowest BCUT2D eigenvalue weighted by Gasteiger charge is -2.23. The second-order valence-electron chi connectivity index (χ2n) is 5.53. The molecule has 0 atom stereocenters. The number of nitrogens with one attached hydrogen (secondary N) is 1. The third-order valence-corrected chi connectivity index (χ3v) is 3.53. The first-order valence-electron chi connectivity index (χ1n) is 7.18. The van der Waals surface area contributed by atoms with Crippen molar-refractivity contribution in [2.45, 2.75) is 33.0 Å². The fourth-order valence-electron chi connectivity index (χ4n) is 2.24. The molecule has 112 valence electrons. The maximum absolute atomic E-state index is 6.05. The van der Waals surface area contributed by atoms with Gasteiger partial charge in [-0.1, -0.05) is 37.6 Å². The minimum absolute atomic E-state index is 0.455. The summed E-state index contributed by atoms with van der Waals surface area (Å²) in [4.78, 5) is 6.47. The van der Waals surface area contributed by atoms with E-state index in [1.54, 1.807) is 0 Å². The smallest absolute Gasteiger partial charge is 0.0443 e. The highest BCUT2D eigenvalue weighted by atomic mass is 35.5. The Hall–Kier alpha value is -1.58. The summed E-state index contributed by atoms with van der Waals surface area (Å²) in [6, 6.07) is 10.5. The lowest BCUT2D eigenvalue weighted by molar-refractivity contribution is 0.587. The summed E-state index contributed by atoms with van der Waals surface area (Å²) in [5, 5.41) is 4.22. The molecule has 3 nitrogen and oxygen atoms in total. The van der Waals surface area contributed by atoms with Crippen LogP contribution in [-0.4, -0.2) is 18.1 Å². The first kappa shape index (κ1) is 15.8. The van der Waals surface area contributed by atoms with Gasteiger partial charge in [0.1, 0.15) is 0 Å². The summed E-state index contributed by atoms with van der Waals surface area (Å²) in [5.41, 5.74) is 3.60. The standard InChI is InChI=1S/C17H22ClN3/c1-13(2)20-11-15-10-19-8-7-17(15)21(3)12-14-5-4-6-16(18)9-14/h4-10,13,20H,11-12H2,1-3H3. The van der Waals surface area contributed by atoms with Crippen LogP contribution in [0.25, 0.3) is 0 Å². The number of aromatic nitrogens is 1. The van der Waals surface area contributed by atoms with E-state index in [0.717, 1.165) is 18.1 Å². The zero-order chi connectivity index (χ0) is 15.2. The maximum Gasteiger partial charge on any atom is 0.0443 e. The Morgan fingerprint density at radius 1 is 1.29 bits per heavy atom. The second-order valence-corrected chi connectivity index (χ2v) is 5.96. The number of hydrogen-bond donors (Lipinski definition) is 1. The largest absolute Gasteiger partial charge is 0.370 e. The van der Waals surface area contributed by atoms with Crippen molar-refractivity contribution >= 4 is 17.3 Å². The molecule has 2 aromatic rings. The molecule has 0 aliphatic heterocycles. The molecule has 0 spiro atoms. The number of benzene rings is 1. The monoisotopic (exact) mass is 303 g/mol. The van der Waals surface area contributed by atoms with Gasteiger partial charge in [-0.15, -0.1) is 0 Å². The second kappa shape index (κ2) is 7.43. The fraction of sp³-hybridized carbons (Fsp3) is 0.353. The predicted molar refractivity (Wildman–Crippen MR) is 89.8 cm³/mol. The van der Waals surface area contributed by atoms with Crippen LogP contribution < -0.4 is 10.2 Å². The van der Waals surface area contributed by atoms with E-state index >= 15 is 0 Å². The van der Waals surface area contributed by atoms with Crippen LogP contribution in [0.15, 0.2) is 42.7 Å². The first-order chi connectivity index (χ1) is 10.1. The van der Waals surface area contributed by atoms with Gasteiger partial charge in [0.25, 0.3) is 0 Å². The van der Waals surface area contributed by atoms with Gasteiger partial charge in [-0.25, -0.2) is 0 Å². The Bertz CT molecular complexity index is 584. The Morgan fingerprint density at radius 2 is 2.10 bits per heavy atom. The number of halogens is 1. The van der Waals surface area contributed by atoms with Crippen LogP contribution in [0.3, 0.4) is 0 Å². The summed E-state index contributed by atoms with van der Waals surface area (Å²) in [7, 11) is 2.09. The molecule has 4 heteroatoms. The van der Waals surface area contributed by atoms with Gasteiger partial charge < -0.3 is 10.2 Å². The van der Waals surface area contributed by atoms with Crippen LogP contribution >= 0.6 is 11.6 Å². The molecule has 0 radical (unpaired) electrons.